The highest BCUT2D eigenvalue weighted by Crippen LogP contribution is 2.62. The molecular weight excluding hydrogens is 540 g/mol. The van der Waals surface area contributed by atoms with Gasteiger partial charge in [-0.25, -0.2) is 0 Å². The average Bonchev–Trinajstić information content (AvgIpc) is 2.90. The fraction of sp³-hybridized carbons (Fsp3) is 0.594. The van der Waals surface area contributed by atoms with Crippen LogP contribution in [0.2, 0.25) is 0 Å². The second kappa shape index (κ2) is 8.90. The Morgan fingerprint density at radius 3 is 2.07 bits per heavy atom. The van der Waals surface area contributed by atoms with Crippen LogP contribution in [0.1, 0.15) is 72.3 Å². The topological polar surface area (TPSA) is 182 Å². The summed E-state index contributed by atoms with van der Waals surface area (Å²) in [5, 5.41) is 58.0. The number of phenolic OH excluding ortho intramolecular Hbond substituents is 1. The van der Waals surface area contributed by atoms with Crippen molar-refractivity contribution in [2.75, 3.05) is 14.1 Å². The second-order valence-electron chi connectivity index (χ2n) is 14.0. The average molecular weight is 579 g/mol. The van der Waals surface area contributed by atoms with Gasteiger partial charge in [0, 0.05) is 11.5 Å². The van der Waals surface area contributed by atoms with Gasteiger partial charge < -0.3 is 31.3 Å². The Balaban J connectivity index is 1.39. The van der Waals surface area contributed by atoms with Crippen LogP contribution in [0.25, 0.3) is 0 Å². The molecule has 0 heterocycles. The number of hydrogen-bond acceptors (Lipinski definition) is 9. The molecule has 7 aliphatic carbocycles. The molecule has 8 rings (SSSR count). The van der Waals surface area contributed by atoms with Crippen LogP contribution in [0, 0.1) is 35.5 Å². The zero-order valence-electron chi connectivity index (χ0n) is 23.9. The summed E-state index contributed by atoms with van der Waals surface area (Å²) in [6.45, 7) is 1.76. The van der Waals surface area contributed by atoms with Gasteiger partial charge in [-0.2, -0.15) is 0 Å². The van der Waals surface area contributed by atoms with Gasteiger partial charge >= 0.3 is 0 Å². The highest BCUT2D eigenvalue weighted by molar-refractivity contribution is 6.25. The molecule has 7 N–H and O–H groups in total. The molecule has 10 nitrogen and oxygen atoms in total. The quantitative estimate of drug-likeness (QED) is 0.293. The van der Waals surface area contributed by atoms with Crippen molar-refractivity contribution in [3.05, 3.63) is 51.5 Å². The smallest absolute Gasteiger partial charge is 0.255 e. The number of nitrogens with two attached hydrogens (primary N) is 1. The Morgan fingerprint density at radius 2 is 1.52 bits per heavy atom. The summed E-state index contributed by atoms with van der Waals surface area (Å²) >= 11 is 0. The molecular formula is C32H38N2O8. The monoisotopic (exact) mass is 578 g/mol. The number of hydrogen-bond donors (Lipinski definition) is 6. The van der Waals surface area contributed by atoms with Crippen molar-refractivity contribution in [1.82, 2.24) is 4.90 Å². The zero-order chi connectivity index (χ0) is 30.2. The minimum Gasteiger partial charge on any atom is -0.510 e. The predicted octanol–water partition coefficient (Wildman–Crippen LogP) is 2.19. The summed E-state index contributed by atoms with van der Waals surface area (Å²) in [7, 11) is 3.04. The molecule has 1 amide bonds. The number of aliphatic hydroxyl groups excluding tert-OH is 3. The van der Waals surface area contributed by atoms with Crippen molar-refractivity contribution in [3.8, 4) is 5.75 Å². The lowest BCUT2D eigenvalue weighted by Crippen LogP contribution is -2.68. The van der Waals surface area contributed by atoms with Crippen molar-refractivity contribution in [2.24, 2.45) is 41.2 Å². The largest absolute Gasteiger partial charge is 0.510 e. The molecule has 1 aromatic rings. The van der Waals surface area contributed by atoms with E-state index in [9.17, 15) is 39.9 Å². The SMILES string of the molecule is C[C@H]1c2ccc(C3C4CC5CC(C4)CC3C5)c(O)c2C(=O)C2=C(O)[C@]3(O)C(=O)C(C(N)=O)=C(O)[C@@H](N(C)C)[C@@H]3[C@@H](O)[C@@H]21. The number of phenols is 1. The molecule has 4 bridgehead atoms. The molecule has 0 radical (unpaired) electrons. The van der Waals surface area contributed by atoms with Crippen molar-refractivity contribution < 1.29 is 39.9 Å². The van der Waals surface area contributed by atoms with Crippen LogP contribution in [0.15, 0.2) is 34.8 Å². The van der Waals surface area contributed by atoms with Crippen LogP contribution in [0.5, 0.6) is 5.75 Å². The van der Waals surface area contributed by atoms with E-state index < -0.39 is 70.1 Å². The molecule has 224 valence electrons. The van der Waals surface area contributed by atoms with Gasteiger partial charge in [-0.1, -0.05) is 19.1 Å². The third-order valence-corrected chi connectivity index (χ3v) is 11.7. The van der Waals surface area contributed by atoms with E-state index in [2.05, 4.69) is 0 Å². The van der Waals surface area contributed by atoms with Crippen molar-refractivity contribution in [1.29, 1.82) is 0 Å². The van der Waals surface area contributed by atoms with Crippen molar-refractivity contribution in [2.45, 2.75) is 68.6 Å². The number of ketones is 2. The Morgan fingerprint density at radius 1 is 0.952 bits per heavy atom. The minimum atomic E-state index is -2.90. The van der Waals surface area contributed by atoms with E-state index >= 15 is 0 Å². The number of aromatic hydroxyl groups is 1. The maximum Gasteiger partial charge on any atom is 0.255 e. The first-order chi connectivity index (χ1) is 19.8. The Kier molecular flexibility index (Phi) is 5.85. The summed E-state index contributed by atoms with van der Waals surface area (Å²) in [4.78, 5) is 41.5. The van der Waals surface area contributed by atoms with E-state index in [0.717, 1.165) is 43.1 Å². The number of likely N-dealkylation sites (N-methyl/N-ethyl adjacent to an activating group) is 1. The molecule has 42 heavy (non-hydrogen) atoms. The number of carbonyl (C=O) groups excluding carboxylic acids is 3. The van der Waals surface area contributed by atoms with E-state index in [1.807, 2.05) is 12.1 Å². The van der Waals surface area contributed by atoms with Crippen LogP contribution < -0.4 is 5.73 Å². The summed E-state index contributed by atoms with van der Waals surface area (Å²) in [6.07, 6.45) is 4.16. The summed E-state index contributed by atoms with van der Waals surface area (Å²) < 4.78 is 0. The van der Waals surface area contributed by atoms with Crippen LogP contribution in [0.4, 0.5) is 0 Å². The Labute approximate surface area is 243 Å². The van der Waals surface area contributed by atoms with E-state index in [0.29, 0.717) is 17.4 Å². The van der Waals surface area contributed by atoms with E-state index in [1.54, 1.807) is 6.92 Å². The fourth-order valence-corrected chi connectivity index (χ4v) is 10.3. The first-order valence-corrected chi connectivity index (χ1v) is 15.0. The number of rotatable bonds is 3. The van der Waals surface area contributed by atoms with Gasteiger partial charge in [0.05, 0.1) is 23.6 Å². The first-order valence-electron chi connectivity index (χ1n) is 15.0. The molecule has 0 unspecified atom stereocenters. The van der Waals surface area contributed by atoms with Gasteiger partial charge in [-0.15, -0.1) is 0 Å². The normalized spacial score (nSPS) is 42.1. The summed E-state index contributed by atoms with van der Waals surface area (Å²) in [5.41, 5.74) is 2.49. The Bertz CT molecular complexity index is 1480. The molecule has 6 atom stereocenters. The summed E-state index contributed by atoms with van der Waals surface area (Å²) in [6, 6.07) is 2.47. The van der Waals surface area contributed by atoms with Gasteiger partial charge in [0.25, 0.3) is 5.91 Å². The lowest BCUT2D eigenvalue weighted by molar-refractivity contribution is -0.162. The second-order valence-corrected chi connectivity index (χ2v) is 14.0. The molecule has 1 aromatic carbocycles. The van der Waals surface area contributed by atoms with Crippen LogP contribution in [0.3, 0.4) is 0 Å². The highest BCUT2D eigenvalue weighted by atomic mass is 16.4. The number of fused-ring (bicyclic) bond motifs is 3. The number of amides is 1. The number of nitrogens with zero attached hydrogens (tertiary/aromatic N) is 1. The van der Waals surface area contributed by atoms with Gasteiger partial charge in [0.15, 0.2) is 11.4 Å². The first kappa shape index (κ1) is 27.6. The highest BCUT2D eigenvalue weighted by Gasteiger charge is 2.67. The van der Waals surface area contributed by atoms with Crippen LogP contribution >= 0.6 is 0 Å². The van der Waals surface area contributed by atoms with Gasteiger partial charge in [-0.05, 0) is 92.8 Å². The Hall–Kier alpha value is -3.21. The molecule has 0 saturated heterocycles. The molecule has 4 fully saturated rings. The van der Waals surface area contributed by atoms with Gasteiger partial charge in [0.1, 0.15) is 22.8 Å². The molecule has 0 spiro atoms. The number of benzene rings is 1. The number of carbonyl (C=O) groups is 3. The molecule has 7 aliphatic rings. The molecule has 10 heteroatoms. The third-order valence-electron chi connectivity index (χ3n) is 11.7. The maximum atomic E-state index is 14.3. The van der Waals surface area contributed by atoms with Gasteiger partial charge in [0.2, 0.25) is 5.78 Å². The van der Waals surface area contributed by atoms with E-state index in [4.69, 9.17) is 5.73 Å². The van der Waals surface area contributed by atoms with Crippen molar-refractivity contribution >= 4 is 17.5 Å². The van der Waals surface area contributed by atoms with Crippen LogP contribution in [-0.2, 0) is 9.59 Å². The number of Topliss-reactive ketones (excluding diaryl/α,β-unsaturated/α-hetero) is 2. The molecule has 0 aromatic heterocycles. The number of aliphatic hydroxyl groups is 4. The van der Waals surface area contributed by atoms with Gasteiger partial charge in [-0.3, -0.25) is 19.3 Å². The van der Waals surface area contributed by atoms with E-state index in [-0.39, 0.29) is 22.8 Å². The molecule has 4 saturated carbocycles. The minimum absolute atomic E-state index is 0.0155. The van der Waals surface area contributed by atoms with Crippen molar-refractivity contribution in [3.63, 3.8) is 0 Å². The van der Waals surface area contributed by atoms with Crippen LogP contribution in [-0.4, -0.2) is 79.7 Å². The molecule has 0 aliphatic heterocycles. The zero-order valence-corrected chi connectivity index (χ0v) is 23.9. The predicted molar refractivity (Wildman–Crippen MR) is 150 cm³/mol. The maximum absolute atomic E-state index is 14.3. The summed E-state index contributed by atoms with van der Waals surface area (Å²) in [5.74, 6) is -6.01. The third kappa shape index (κ3) is 3.28. The number of primary amides is 1. The lowest BCUT2D eigenvalue weighted by Gasteiger charge is -2.55. The van der Waals surface area contributed by atoms with E-state index in [1.165, 1.54) is 25.4 Å². The fourth-order valence-electron chi connectivity index (χ4n) is 10.3. The lowest BCUT2D eigenvalue weighted by atomic mass is 9.50. The standard InChI is InChI=1S/C32H38N2O8/c1-11-16-4-5-17(19-14-7-12-6-13(9-14)10-15(19)8-12)25(35)20(16)26(36)21-18(11)27(37)23-24(34(2)3)28(38)22(31(33)41)30(40)32(23,42)29(21)39/h4-5,11-15,18-19,23-24,27,35,37-39,42H,6-10H2,1-3H3,(H2,33,41)/t11-,12?,13?,14?,15?,18+,19?,23+,24-,27-,32-/m0/s1.